The highest BCUT2D eigenvalue weighted by atomic mass is 14.9. The number of nitrogens with one attached hydrogen (secondary N) is 2. The van der Waals surface area contributed by atoms with Crippen molar-refractivity contribution in [3.8, 4) is 6.07 Å². The Balaban J connectivity index is 1.85. The van der Waals surface area contributed by atoms with Crippen LogP contribution in [0, 0.1) is 16.7 Å². The van der Waals surface area contributed by atoms with Gasteiger partial charge in [-0.25, -0.2) is 0 Å². The first kappa shape index (κ1) is 15.5. The van der Waals surface area contributed by atoms with Gasteiger partial charge in [-0.2, -0.15) is 5.26 Å². The molecule has 0 fully saturated rings. The maximum atomic E-state index is 9.05. The molecule has 3 heteroatoms. The zero-order valence-electron chi connectivity index (χ0n) is 13.2. The van der Waals surface area contributed by atoms with E-state index in [9.17, 15) is 0 Å². The largest absolute Gasteiger partial charge is 0.380 e. The number of para-hydroxylation sites is 1. The lowest BCUT2D eigenvalue weighted by molar-refractivity contribution is 1.15. The monoisotopic (exact) mass is 311 g/mol. The predicted molar refractivity (Wildman–Crippen MR) is 97.3 cm³/mol. The molecule has 3 rings (SSSR count). The standard InChI is InChI=1S/C21H17N3/c22-14-17-9-6-10-18(13-17)21(23)19-11-4-5-12-20(19)24-15-16-7-2-1-3-8-16/h1-13,23-24H,15H2. The van der Waals surface area contributed by atoms with Gasteiger partial charge in [0.25, 0.3) is 0 Å². The number of hydrogen-bond acceptors (Lipinski definition) is 3. The maximum Gasteiger partial charge on any atom is 0.0991 e. The van der Waals surface area contributed by atoms with Crippen molar-refractivity contribution >= 4 is 11.4 Å². The Morgan fingerprint density at radius 1 is 0.917 bits per heavy atom. The van der Waals surface area contributed by atoms with E-state index in [2.05, 4.69) is 23.5 Å². The Bertz CT molecular complexity index is 892. The third-order valence-corrected chi connectivity index (χ3v) is 3.80. The van der Waals surface area contributed by atoms with E-state index in [1.807, 2.05) is 54.6 Å². The van der Waals surface area contributed by atoms with Gasteiger partial charge in [0.15, 0.2) is 0 Å². The topological polar surface area (TPSA) is 59.7 Å². The maximum absolute atomic E-state index is 9.05. The molecule has 2 N–H and O–H groups in total. The van der Waals surface area contributed by atoms with E-state index in [1.165, 1.54) is 5.56 Å². The van der Waals surface area contributed by atoms with E-state index in [0.29, 0.717) is 17.8 Å². The van der Waals surface area contributed by atoms with Crippen molar-refractivity contribution in [2.24, 2.45) is 0 Å². The minimum Gasteiger partial charge on any atom is -0.380 e. The molecule has 3 aromatic carbocycles. The molecule has 0 spiro atoms. The lowest BCUT2D eigenvalue weighted by atomic mass is 9.99. The fraction of sp³-hybridized carbons (Fsp3) is 0.0476. The van der Waals surface area contributed by atoms with Crippen LogP contribution in [0.5, 0.6) is 0 Å². The van der Waals surface area contributed by atoms with Crippen LogP contribution in [0.25, 0.3) is 0 Å². The zero-order chi connectivity index (χ0) is 16.8. The van der Waals surface area contributed by atoms with Crippen LogP contribution in [-0.4, -0.2) is 5.71 Å². The molecule has 0 amide bonds. The lowest BCUT2D eigenvalue weighted by Crippen LogP contribution is -2.08. The molecular weight excluding hydrogens is 294 g/mol. The van der Waals surface area contributed by atoms with Crippen LogP contribution in [0.15, 0.2) is 78.9 Å². The first-order chi connectivity index (χ1) is 11.8. The van der Waals surface area contributed by atoms with E-state index in [4.69, 9.17) is 10.7 Å². The number of hydrogen-bond donors (Lipinski definition) is 2. The van der Waals surface area contributed by atoms with Gasteiger partial charge >= 0.3 is 0 Å². The molecule has 0 unspecified atom stereocenters. The Morgan fingerprint density at radius 2 is 1.67 bits per heavy atom. The average Bonchev–Trinajstić information content (AvgIpc) is 2.67. The van der Waals surface area contributed by atoms with Crippen LogP contribution < -0.4 is 5.32 Å². The predicted octanol–water partition coefficient (Wildman–Crippen LogP) is 4.59. The molecular formula is C21H17N3. The summed E-state index contributed by atoms with van der Waals surface area (Å²) < 4.78 is 0. The molecule has 0 saturated heterocycles. The fourth-order valence-electron chi connectivity index (χ4n) is 2.55. The van der Waals surface area contributed by atoms with Gasteiger partial charge in [-0.05, 0) is 23.8 Å². The molecule has 0 aliphatic carbocycles. The van der Waals surface area contributed by atoms with Crippen molar-refractivity contribution in [2.45, 2.75) is 6.54 Å². The molecule has 3 nitrogen and oxygen atoms in total. The molecule has 0 atom stereocenters. The van der Waals surface area contributed by atoms with Crippen LogP contribution >= 0.6 is 0 Å². The molecule has 3 aromatic rings. The highest BCUT2D eigenvalue weighted by molar-refractivity contribution is 6.14. The van der Waals surface area contributed by atoms with Crippen molar-refractivity contribution in [1.82, 2.24) is 0 Å². The van der Waals surface area contributed by atoms with Gasteiger partial charge in [0.2, 0.25) is 0 Å². The number of anilines is 1. The van der Waals surface area contributed by atoms with E-state index in [0.717, 1.165) is 16.8 Å². The number of rotatable bonds is 5. The number of nitriles is 1. The van der Waals surface area contributed by atoms with Gasteiger partial charge in [-0.15, -0.1) is 0 Å². The Labute approximate surface area is 141 Å². The second kappa shape index (κ2) is 7.26. The van der Waals surface area contributed by atoms with Gasteiger partial charge in [0.1, 0.15) is 0 Å². The highest BCUT2D eigenvalue weighted by Gasteiger charge is 2.10. The summed E-state index contributed by atoms with van der Waals surface area (Å²) in [6, 6.07) is 27.2. The minimum atomic E-state index is 0.406. The molecule has 0 saturated carbocycles. The summed E-state index contributed by atoms with van der Waals surface area (Å²) in [5.74, 6) is 0. The molecule has 116 valence electrons. The summed E-state index contributed by atoms with van der Waals surface area (Å²) in [6.45, 7) is 0.698. The molecule has 0 bridgehead atoms. The van der Waals surface area contributed by atoms with Crippen molar-refractivity contribution in [1.29, 1.82) is 10.7 Å². The smallest absolute Gasteiger partial charge is 0.0991 e. The SMILES string of the molecule is N#Cc1cccc(C(=N)c2ccccc2NCc2ccccc2)c1. The summed E-state index contributed by atoms with van der Waals surface area (Å²) in [5.41, 5.74) is 4.63. The summed E-state index contributed by atoms with van der Waals surface area (Å²) >= 11 is 0. The quantitative estimate of drug-likeness (QED) is 0.677. The first-order valence-electron chi connectivity index (χ1n) is 7.74. The number of nitrogens with zero attached hydrogens (tertiary/aromatic N) is 1. The van der Waals surface area contributed by atoms with E-state index < -0.39 is 0 Å². The highest BCUT2D eigenvalue weighted by Crippen LogP contribution is 2.20. The van der Waals surface area contributed by atoms with Crippen molar-refractivity contribution in [2.75, 3.05) is 5.32 Å². The Morgan fingerprint density at radius 3 is 2.46 bits per heavy atom. The van der Waals surface area contributed by atoms with Crippen LogP contribution in [0.2, 0.25) is 0 Å². The summed E-state index contributed by atoms with van der Waals surface area (Å²) in [5, 5.41) is 21.0. The van der Waals surface area contributed by atoms with Crippen molar-refractivity contribution < 1.29 is 0 Å². The second-order valence-corrected chi connectivity index (χ2v) is 5.45. The van der Waals surface area contributed by atoms with E-state index in [-0.39, 0.29) is 0 Å². The van der Waals surface area contributed by atoms with Crippen LogP contribution in [0.4, 0.5) is 5.69 Å². The molecule has 0 aromatic heterocycles. The van der Waals surface area contributed by atoms with Crippen LogP contribution in [0.1, 0.15) is 22.3 Å². The van der Waals surface area contributed by atoms with E-state index >= 15 is 0 Å². The van der Waals surface area contributed by atoms with Gasteiger partial charge in [-0.3, -0.25) is 5.41 Å². The van der Waals surface area contributed by atoms with Crippen molar-refractivity contribution in [3.63, 3.8) is 0 Å². The van der Waals surface area contributed by atoms with E-state index in [1.54, 1.807) is 12.1 Å². The summed E-state index contributed by atoms with van der Waals surface area (Å²) in [6.07, 6.45) is 0. The third kappa shape index (κ3) is 3.50. The second-order valence-electron chi connectivity index (χ2n) is 5.45. The lowest BCUT2D eigenvalue weighted by Gasteiger charge is -2.13. The number of benzene rings is 3. The molecule has 0 heterocycles. The van der Waals surface area contributed by atoms with Crippen LogP contribution in [0.3, 0.4) is 0 Å². The third-order valence-electron chi connectivity index (χ3n) is 3.80. The van der Waals surface area contributed by atoms with Crippen molar-refractivity contribution in [3.05, 3.63) is 101 Å². The molecule has 0 radical (unpaired) electrons. The average molecular weight is 311 g/mol. The van der Waals surface area contributed by atoms with Gasteiger partial charge < -0.3 is 5.32 Å². The normalized spacial score (nSPS) is 9.96. The summed E-state index contributed by atoms with van der Waals surface area (Å²) in [4.78, 5) is 0. The summed E-state index contributed by atoms with van der Waals surface area (Å²) in [7, 11) is 0. The molecule has 0 aliphatic rings. The molecule has 0 aliphatic heterocycles. The van der Waals surface area contributed by atoms with Crippen LogP contribution in [-0.2, 0) is 6.54 Å². The zero-order valence-corrected chi connectivity index (χ0v) is 13.2. The Kier molecular flexibility index (Phi) is 4.69. The van der Waals surface area contributed by atoms with Gasteiger partial charge in [-0.1, -0.05) is 60.7 Å². The van der Waals surface area contributed by atoms with Gasteiger partial charge in [0.05, 0.1) is 17.3 Å². The first-order valence-corrected chi connectivity index (χ1v) is 7.74. The fourth-order valence-corrected chi connectivity index (χ4v) is 2.55. The molecule has 24 heavy (non-hydrogen) atoms. The minimum absolute atomic E-state index is 0.406. The Hall–Kier alpha value is -3.38. The van der Waals surface area contributed by atoms with Gasteiger partial charge in [0, 0.05) is 23.4 Å².